The third-order valence-electron chi connectivity index (χ3n) is 6.68. The molecule has 2 unspecified atom stereocenters. The second-order valence-electron chi connectivity index (χ2n) is 9.37. The topological polar surface area (TPSA) is 96.6 Å². The van der Waals surface area contributed by atoms with Crippen molar-refractivity contribution < 1.29 is 27.9 Å². The molecule has 0 saturated heterocycles. The van der Waals surface area contributed by atoms with Gasteiger partial charge in [-0.25, -0.2) is 8.78 Å². The van der Waals surface area contributed by atoms with Gasteiger partial charge < -0.3 is 25.0 Å². The number of halogens is 3. The van der Waals surface area contributed by atoms with Crippen LogP contribution in [-0.4, -0.2) is 56.6 Å². The predicted molar refractivity (Wildman–Crippen MR) is 146 cm³/mol. The summed E-state index contributed by atoms with van der Waals surface area (Å²) in [5.41, 5.74) is 3.47. The highest BCUT2D eigenvalue weighted by Crippen LogP contribution is 2.40. The van der Waals surface area contributed by atoms with E-state index in [1.54, 1.807) is 13.2 Å². The van der Waals surface area contributed by atoms with E-state index in [2.05, 4.69) is 43.9 Å². The van der Waals surface area contributed by atoms with Crippen molar-refractivity contribution >= 4 is 27.9 Å². The van der Waals surface area contributed by atoms with Gasteiger partial charge in [0.25, 0.3) is 0 Å². The van der Waals surface area contributed by atoms with Crippen LogP contribution in [0, 0.1) is 17.6 Å². The van der Waals surface area contributed by atoms with E-state index in [1.165, 1.54) is 6.07 Å². The lowest BCUT2D eigenvalue weighted by Crippen LogP contribution is -2.25. The molecule has 10 heteroatoms. The fraction of sp³-hybridized carbons (Fsp3) is 0.500. The molecular formula is C28H36BrF2N3O4. The van der Waals surface area contributed by atoms with Crippen LogP contribution in [0.2, 0.25) is 0 Å². The summed E-state index contributed by atoms with van der Waals surface area (Å²) in [5.74, 6) is -1.23. The average Bonchev–Trinajstić information content (AvgIpc) is 3.30. The minimum atomic E-state index is -0.887. The third kappa shape index (κ3) is 8.30. The maximum absolute atomic E-state index is 13.9. The fourth-order valence-electron chi connectivity index (χ4n) is 4.77. The van der Waals surface area contributed by atoms with Gasteiger partial charge >= 0.3 is 0 Å². The van der Waals surface area contributed by atoms with Crippen LogP contribution in [0.4, 0.5) is 8.78 Å². The van der Waals surface area contributed by atoms with Crippen molar-refractivity contribution in [3.63, 3.8) is 0 Å². The minimum Gasteiger partial charge on any atom is -0.396 e. The minimum absolute atomic E-state index is 0.0770. The van der Waals surface area contributed by atoms with Crippen LogP contribution < -0.4 is 10.6 Å². The van der Waals surface area contributed by atoms with E-state index in [-0.39, 0.29) is 18.4 Å². The lowest BCUT2D eigenvalue weighted by atomic mass is 9.84. The summed E-state index contributed by atoms with van der Waals surface area (Å²) in [6.07, 6.45) is 9.28. The number of aromatic nitrogens is 1. The number of rotatable bonds is 17. The molecule has 0 saturated carbocycles. The second kappa shape index (κ2) is 15.9. The summed E-state index contributed by atoms with van der Waals surface area (Å²) < 4.78 is 39.3. The molecule has 2 aromatic rings. The first-order valence-corrected chi connectivity index (χ1v) is 13.8. The Morgan fingerprint density at radius 2 is 2.08 bits per heavy atom. The third-order valence-corrected chi connectivity index (χ3v) is 7.45. The Labute approximate surface area is 230 Å². The van der Waals surface area contributed by atoms with Crippen molar-refractivity contribution in [3.8, 4) is 0 Å². The molecule has 7 nitrogen and oxygen atoms in total. The van der Waals surface area contributed by atoms with Crippen LogP contribution in [0.15, 0.2) is 44.9 Å². The molecule has 0 spiro atoms. The van der Waals surface area contributed by atoms with Gasteiger partial charge in [-0.05, 0) is 84.3 Å². The molecule has 0 bridgehead atoms. The lowest BCUT2D eigenvalue weighted by molar-refractivity contribution is -0.109. The summed E-state index contributed by atoms with van der Waals surface area (Å²) in [4.78, 5) is 11.1. The Balaban J connectivity index is 1.94. The van der Waals surface area contributed by atoms with Gasteiger partial charge in [0.2, 0.25) is 6.41 Å². The molecule has 1 heterocycles. The zero-order valence-electron chi connectivity index (χ0n) is 21.7. The monoisotopic (exact) mass is 595 g/mol. The molecule has 3 N–H and O–H groups in total. The zero-order valence-corrected chi connectivity index (χ0v) is 23.2. The number of carbonyl (C=O) groups excluding carboxylic acids is 1. The first kappa shape index (κ1) is 30.1. The van der Waals surface area contributed by atoms with Gasteiger partial charge in [0.05, 0.1) is 4.47 Å². The average molecular weight is 597 g/mol. The first-order chi connectivity index (χ1) is 18.5. The standard InChI is InChI=1S/C28H36BrF2N3O4/c1-37-13-4-6-20(16-33-18-36)22-7-2-3-8-23(22)28-26(29)27(34-38-28)21(17-32-11-5-12-35)14-19-9-10-24(30)25(31)15-19/h2,7,9-10,15,18,20-21,32,35H,3-6,8,11-14,16-17H2,1H3,(H,33,36). The Bertz CT molecular complexity index is 1110. The highest BCUT2D eigenvalue weighted by atomic mass is 79.9. The maximum Gasteiger partial charge on any atom is 0.207 e. The van der Waals surface area contributed by atoms with Crippen molar-refractivity contribution in [3.05, 3.63) is 69.0 Å². The van der Waals surface area contributed by atoms with Crippen LogP contribution in [0.25, 0.3) is 5.57 Å². The normalized spacial score (nSPS) is 15.1. The van der Waals surface area contributed by atoms with Gasteiger partial charge in [-0.2, -0.15) is 0 Å². The Morgan fingerprint density at radius 3 is 2.82 bits per heavy atom. The highest BCUT2D eigenvalue weighted by Gasteiger charge is 2.28. The molecule has 1 aliphatic rings. The molecule has 0 aliphatic heterocycles. The lowest BCUT2D eigenvalue weighted by Gasteiger charge is -2.23. The summed E-state index contributed by atoms with van der Waals surface area (Å²) in [5, 5.41) is 19.7. The van der Waals surface area contributed by atoms with Crippen LogP contribution in [0.3, 0.4) is 0 Å². The Hall–Kier alpha value is -2.40. The molecule has 208 valence electrons. The largest absolute Gasteiger partial charge is 0.396 e. The number of hydrogen-bond acceptors (Lipinski definition) is 6. The fourth-order valence-corrected chi connectivity index (χ4v) is 5.48. The Kier molecular flexibility index (Phi) is 12.6. The number of nitrogens with one attached hydrogen (secondary N) is 2. The van der Waals surface area contributed by atoms with Crippen LogP contribution in [-0.2, 0) is 16.0 Å². The van der Waals surface area contributed by atoms with E-state index in [4.69, 9.17) is 14.4 Å². The number of hydrogen-bond donors (Lipinski definition) is 3. The molecule has 3 rings (SSSR count). The number of aliphatic hydroxyl groups excluding tert-OH is 1. The molecular weight excluding hydrogens is 560 g/mol. The number of nitrogens with zero attached hydrogens (tertiary/aromatic N) is 1. The smallest absolute Gasteiger partial charge is 0.207 e. The number of ether oxygens (including phenoxy) is 1. The Morgan fingerprint density at radius 1 is 1.24 bits per heavy atom. The van der Waals surface area contributed by atoms with Crippen LogP contribution in [0.1, 0.15) is 55.0 Å². The van der Waals surface area contributed by atoms with Gasteiger partial charge in [-0.3, -0.25) is 4.79 Å². The van der Waals surface area contributed by atoms with E-state index in [1.807, 2.05) is 0 Å². The molecule has 1 aromatic carbocycles. The van der Waals surface area contributed by atoms with E-state index in [0.29, 0.717) is 62.5 Å². The number of carbonyl (C=O) groups is 1. The molecule has 1 amide bonds. The summed E-state index contributed by atoms with van der Waals surface area (Å²) in [6.45, 7) is 2.34. The highest BCUT2D eigenvalue weighted by molar-refractivity contribution is 9.10. The van der Waals surface area contributed by atoms with Gasteiger partial charge in [-0.15, -0.1) is 0 Å². The van der Waals surface area contributed by atoms with Crippen molar-refractivity contribution in [2.45, 2.75) is 44.4 Å². The number of methoxy groups -OCH3 is 1. The van der Waals surface area contributed by atoms with Crippen LogP contribution >= 0.6 is 15.9 Å². The summed E-state index contributed by atoms with van der Waals surface area (Å²) in [6, 6.07) is 3.92. The summed E-state index contributed by atoms with van der Waals surface area (Å²) >= 11 is 3.73. The molecule has 0 radical (unpaired) electrons. The van der Waals surface area contributed by atoms with E-state index < -0.39 is 11.6 Å². The summed E-state index contributed by atoms with van der Waals surface area (Å²) in [7, 11) is 1.67. The number of amides is 1. The van der Waals surface area contributed by atoms with Gasteiger partial charge in [0.1, 0.15) is 5.69 Å². The van der Waals surface area contributed by atoms with Crippen molar-refractivity contribution in [2.24, 2.45) is 5.92 Å². The SMILES string of the molecule is COCCCC(CNC=O)C1=C(c2onc(C(CNCCCO)Cc3ccc(F)c(F)c3)c2Br)CCC=C1. The van der Waals surface area contributed by atoms with E-state index >= 15 is 0 Å². The van der Waals surface area contributed by atoms with Gasteiger partial charge in [0.15, 0.2) is 17.4 Å². The maximum atomic E-state index is 13.9. The van der Waals surface area contributed by atoms with E-state index in [9.17, 15) is 13.6 Å². The van der Waals surface area contributed by atoms with Crippen molar-refractivity contribution in [1.82, 2.24) is 15.8 Å². The molecule has 1 aliphatic carbocycles. The zero-order chi connectivity index (χ0) is 27.3. The second-order valence-corrected chi connectivity index (χ2v) is 10.2. The quantitative estimate of drug-likeness (QED) is 0.178. The molecule has 38 heavy (non-hydrogen) atoms. The van der Waals surface area contributed by atoms with Crippen LogP contribution in [0.5, 0.6) is 0 Å². The molecule has 2 atom stereocenters. The number of allylic oxidation sites excluding steroid dienone is 3. The van der Waals surface area contributed by atoms with E-state index in [0.717, 1.165) is 47.4 Å². The molecule has 1 aromatic heterocycles. The van der Waals surface area contributed by atoms with Gasteiger partial charge in [-0.1, -0.05) is 23.4 Å². The molecule has 0 fully saturated rings. The first-order valence-electron chi connectivity index (χ1n) is 13.0. The van der Waals surface area contributed by atoms with Crippen molar-refractivity contribution in [1.29, 1.82) is 0 Å². The predicted octanol–water partition coefficient (Wildman–Crippen LogP) is 4.91. The number of aliphatic hydroxyl groups is 1. The number of benzene rings is 1. The van der Waals surface area contributed by atoms with Crippen molar-refractivity contribution in [2.75, 3.05) is 40.0 Å². The van der Waals surface area contributed by atoms with Gasteiger partial charge in [0, 0.05) is 50.8 Å².